The third-order valence-electron chi connectivity index (χ3n) is 2.73. The van der Waals surface area contributed by atoms with E-state index in [0.717, 1.165) is 17.1 Å². The Morgan fingerprint density at radius 2 is 2.00 bits per heavy atom. The van der Waals surface area contributed by atoms with Gasteiger partial charge in [-0.15, -0.1) is 0 Å². The largest absolute Gasteiger partial charge is 0.397 e. The van der Waals surface area contributed by atoms with Gasteiger partial charge in [0.2, 0.25) is 0 Å². The number of aryl methyl sites for hydroxylation is 1. The number of nitrogen functional groups attached to an aromatic ring is 1. The van der Waals surface area contributed by atoms with Crippen LogP contribution in [0.4, 0.5) is 22.7 Å². The molecule has 1 aliphatic rings. The molecule has 1 aliphatic heterocycles. The summed E-state index contributed by atoms with van der Waals surface area (Å²) >= 11 is 0. The first-order valence-corrected chi connectivity index (χ1v) is 5.46. The quantitative estimate of drug-likeness (QED) is 0.358. The molecule has 0 unspecified atom stereocenters. The van der Waals surface area contributed by atoms with E-state index in [9.17, 15) is 0 Å². The minimum Gasteiger partial charge on any atom is -0.397 e. The third-order valence-corrected chi connectivity index (χ3v) is 2.73. The highest BCUT2D eigenvalue weighted by molar-refractivity contribution is 5.98. The molecule has 6 heteroatoms. The molecule has 0 fully saturated rings. The van der Waals surface area contributed by atoms with Crippen LogP contribution in [0.15, 0.2) is 29.5 Å². The molecule has 4 N–H and O–H groups in total. The van der Waals surface area contributed by atoms with E-state index in [1.807, 2.05) is 19.1 Å². The number of nitrogens with two attached hydrogens (primary N) is 2. The van der Waals surface area contributed by atoms with Crippen LogP contribution in [0.5, 0.6) is 0 Å². The number of aromatic nitrogens is 2. The van der Waals surface area contributed by atoms with E-state index >= 15 is 0 Å². The van der Waals surface area contributed by atoms with Gasteiger partial charge in [-0.05, 0) is 19.1 Å². The fourth-order valence-corrected chi connectivity index (χ4v) is 1.64. The monoisotopic (exact) mass is 240 g/mol. The number of rotatable bonds is 2. The molecule has 0 radical (unpaired) electrons. The Bertz CT molecular complexity index is 632. The maximum atomic E-state index is 5.87. The van der Waals surface area contributed by atoms with Crippen molar-refractivity contribution < 1.29 is 0 Å². The number of aliphatic imine (C=N–C) groups is 1. The molecule has 0 saturated carbocycles. The summed E-state index contributed by atoms with van der Waals surface area (Å²) in [5.41, 5.74) is 10.6. The average molecular weight is 240 g/mol. The third kappa shape index (κ3) is 1.78. The summed E-state index contributed by atoms with van der Waals surface area (Å²) in [6.45, 7) is 1.88. The average Bonchev–Trinajstić information content (AvgIpc) is 2.98. The summed E-state index contributed by atoms with van der Waals surface area (Å²) in [5, 5.41) is 1.57. The molecule has 0 spiro atoms. The molecule has 2 heterocycles. The fourth-order valence-electron chi connectivity index (χ4n) is 1.64. The van der Waals surface area contributed by atoms with Crippen molar-refractivity contribution in [1.82, 2.24) is 9.97 Å². The molecule has 18 heavy (non-hydrogen) atoms. The highest BCUT2D eigenvalue weighted by Gasteiger charge is 2.27. The molecule has 0 aliphatic carbocycles. The smallest absolute Gasteiger partial charge is 0.0995 e. The van der Waals surface area contributed by atoms with Crippen LogP contribution in [-0.2, 0) is 0 Å². The summed E-state index contributed by atoms with van der Waals surface area (Å²) in [6.07, 6.45) is 4.99. The van der Waals surface area contributed by atoms with E-state index < -0.39 is 0 Å². The van der Waals surface area contributed by atoms with E-state index in [2.05, 4.69) is 15.0 Å². The summed E-state index contributed by atoms with van der Waals surface area (Å²) < 4.78 is 0. The van der Waals surface area contributed by atoms with Crippen molar-refractivity contribution in [3.63, 3.8) is 0 Å². The SMILES string of the molecule is Cc1cnc(/C=N/c2cc3c(cc2N)N3N)cn1. The molecule has 0 saturated heterocycles. The molecule has 2 aromatic rings. The second-order valence-corrected chi connectivity index (χ2v) is 4.11. The van der Waals surface area contributed by atoms with E-state index in [1.54, 1.807) is 23.6 Å². The highest BCUT2D eigenvalue weighted by atomic mass is 15.5. The Labute approximate surface area is 104 Å². The summed E-state index contributed by atoms with van der Waals surface area (Å²) in [4.78, 5) is 12.6. The molecule has 1 aromatic carbocycles. The number of hydrogen-bond donors (Lipinski definition) is 2. The highest BCUT2D eigenvalue weighted by Crippen LogP contribution is 2.49. The second-order valence-electron chi connectivity index (χ2n) is 4.11. The van der Waals surface area contributed by atoms with E-state index in [4.69, 9.17) is 11.6 Å². The van der Waals surface area contributed by atoms with Crippen LogP contribution in [0.1, 0.15) is 11.4 Å². The van der Waals surface area contributed by atoms with Crippen LogP contribution in [0.2, 0.25) is 0 Å². The Hall–Kier alpha value is -2.47. The molecule has 1 aromatic heterocycles. The van der Waals surface area contributed by atoms with Crippen LogP contribution in [0.3, 0.4) is 0 Å². The number of nitrogens with zero attached hydrogens (tertiary/aromatic N) is 4. The minimum atomic E-state index is 0.595. The van der Waals surface area contributed by atoms with Crippen LogP contribution < -0.4 is 16.6 Å². The van der Waals surface area contributed by atoms with E-state index in [0.29, 0.717) is 17.1 Å². The van der Waals surface area contributed by atoms with Crippen molar-refractivity contribution in [2.24, 2.45) is 10.8 Å². The zero-order valence-corrected chi connectivity index (χ0v) is 9.83. The van der Waals surface area contributed by atoms with Gasteiger partial charge in [0.1, 0.15) is 0 Å². The maximum Gasteiger partial charge on any atom is 0.0995 e. The topological polar surface area (TPSA) is 93.2 Å². The lowest BCUT2D eigenvalue weighted by Crippen LogP contribution is -2.07. The van der Waals surface area contributed by atoms with Gasteiger partial charge in [-0.3, -0.25) is 20.0 Å². The standard InChI is InChI=1S/C12H12N6/c1-7-4-16-8(5-15-7)6-17-10-3-12-11(18(12)14)2-9(10)13/h2-6H,13-14H2,1H3/b17-6+. The zero-order chi connectivity index (χ0) is 12.7. The summed E-state index contributed by atoms with van der Waals surface area (Å²) in [6, 6.07) is 3.66. The van der Waals surface area contributed by atoms with Gasteiger partial charge in [0, 0.05) is 6.20 Å². The second kappa shape index (κ2) is 3.78. The first-order chi connectivity index (χ1) is 8.65. The number of fused-ring (bicyclic) bond motifs is 1. The molecular weight excluding hydrogens is 228 g/mol. The van der Waals surface area contributed by atoms with Gasteiger partial charge >= 0.3 is 0 Å². The normalized spacial score (nSPS) is 12.9. The molecule has 0 atom stereocenters. The predicted molar refractivity (Wildman–Crippen MR) is 71.2 cm³/mol. The van der Waals surface area contributed by atoms with E-state index in [-0.39, 0.29) is 0 Å². The minimum absolute atomic E-state index is 0.595. The van der Waals surface area contributed by atoms with Crippen LogP contribution >= 0.6 is 0 Å². The van der Waals surface area contributed by atoms with Crippen LogP contribution in [0.25, 0.3) is 0 Å². The zero-order valence-electron chi connectivity index (χ0n) is 9.83. The van der Waals surface area contributed by atoms with Crippen LogP contribution in [-0.4, -0.2) is 16.2 Å². The molecule has 0 amide bonds. The molecule has 3 rings (SSSR count). The Morgan fingerprint density at radius 1 is 1.22 bits per heavy atom. The van der Waals surface area contributed by atoms with Crippen LogP contribution in [0, 0.1) is 6.92 Å². The van der Waals surface area contributed by atoms with Crippen molar-refractivity contribution in [2.45, 2.75) is 6.92 Å². The van der Waals surface area contributed by atoms with Gasteiger partial charge in [-0.1, -0.05) is 0 Å². The van der Waals surface area contributed by atoms with Crippen molar-refractivity contribution in [3.05, 3.63) is 35.9 Å². The first-order valence-electron chi connectivity index (χ1n) is 5.46. The molecule has 90 valence electrons. The molecule has 6 nitrogen and oxygen atoms in total. The summed E-state index contributed by atoms with van der Waals surface area (Å²) in [7, 11) is 0. The maximum absolute atomic E-state index is 5.87. The van der Waals surface area contributed by atoms with Crippen molar-refractivity contribution in [1.29, 1.82) is 0 Å². The van der Waals surface area contributed by atoms with Crippen molar-refractivity contribution in [2.75, 3.05) is 10.7 Å². The lowest BCUT2D eigenvalue weighted by molar-refractivity contribution is 1.11. The number of hydrazine groups is 1. The van der Waals surface area contributed by atoms with Crippen molar-refractivity contribution in [3.8, 4) is 0 Å². The van der Waals surface area contributed by atoms with Gasteiger partial charge in [0.05, 0.1) is 46.5 Å². The van der Waals surface area contributed by atoms with Gasteiger partial charge in [0.15, 0.2) is 0 Å². The fraction of sp³-hybridized carbons (Fsp3) is 0.0833. The lowest BCUT2D eigenvalue weighted by atomic mass is 10.3. The van der Waals surface area contributed by atoms with E-state index in [1.165, 1.54) is 0 Å². The first kappa shape index (κ1) is 10.7. The number of benzene rings is 1. The van der Waals surface area contributed by atoms with Gasteiger partial charge in [-0.2, -0.15) is 0 Å². The number of hydrogen-bond acceptors (Lipinski definition) is 6. The molecule has 0 bridgehead atoms. The Balaban J connectivity index is 1.87. The Kier molecular flexibility index (Phi) is 2.24. The summed E-state index contributed by atoms with van der Waals surface area (Å²) in [5.74, 6) is 5.66. The van der Waals surface area contributed by atoms with Gasteiger partial charge < -0.3 is 5.73 Å². The Morgan fingerprint density at radius 3 is 2.72 bits per heavy atom. The van der Waals surface area contributed by atoms with Gasteiger partial charge in [-0.25, -0.2) is 5.84 Å². The molecular formula is C12H12N6. The number of anilines is 3. The van der Waals surface area contributed by atoms with Crippen molar-refractivity contribution >= 4 is 29.0 Å². The predicted octanol–water partition coefficient (Wildman–Crippen LogP) is 1.44. The lowest BCUT2D eigenvalue weighted by Gasteiger charge is -1.96. The van der Waals surface area contributed by atoms with Gasteiger partial charge in [0.25, 0.3) is 0 Å².